The molecule has 0 aliphatic carbocycles. The lowest BCUT2D eigenvalue weighted by atomic mass is 10.0. The predicted molar refractivity (Wildman–Crippen MR) is 183 cm³/mol. The summed E-state index contributed by atoms with van der Waals surface area (Å²) in [5.74, 6) is -0.0915. The third-order valence-electron chi connectivity index (χ3n) is 7.92. The minimum Gasteiger partial charge on any atom is -0.353 e. The van der Waals surface area contributed by atoms with E-state index in [9.17, 15) is 19.2 Å². The molecule has 3 N–H and O–H groups in total. The van der Waals surface area contributed by atoms with Crippen LogP contribution in [0.4, 0.5) is 0 Å². The lowest BCUT2D eigenvalue weighted by molar-refractivity contribution is -0.132. The largest absolute Gasteiger partial charge is 0.353 e. The van der Waals surface area contributed by atoms with Crippen LogP contribution in [0, 0.1) is 5.92 Å². The maximum absolute atomic E-state index is 13.5. The summed E-state index contributed by atoms with van der Waals surface area (Å²) < 4.78 is 1.49. The molecule has 5 rings (SSSR count). The van der Waals surface area contributed by atoms with E-state index in [4.69, 9.17) is 4.98 Å². The summed E-state index contributed by atoms with van der Waals surface area (Å²) in [5, 5.41) is 16.1. The van der Waals surface area contributed by atoms with E-state index in [2.05, 4.69) is 26.0 Å². The molecule has 4 aromatic rings. The molecule has 0 spiro atoms. The Morgan fingerprint density at radius 3 is 2.35 bits per heavy atom. The van der Waals surface area contributed by atoms with Gasteiger partial charge in [-0.3, -0.25) is 19.2 Å². The van der Waals surface area contributed by atoms with Crippen molar-refractivity contribution in [2.45, 2.75) is 65.1 Å². The van der Waals surface area contributed by atoms with Crippen LogP contribution < -0.4 is 16.0 Å². The summed E-state index contributed by atoms with van der Waals surface area (Å²) in [6.07, 6.45) is 1.07. The number of nitrogens with zero attached hydrogens (tertiary/aromatic N) is 5. The molecule has 0 bridgehead atoms. The van der Waals surface area contributed by atoms with Gasteiger partial charge in [0.2, 0.25) is 23.6 Å². The van der Waals surface area contributed by atoms with Gasteiger partial charge in [-0.25, -0.2) is 14.6 Å². The minimum absolute atomic E-state index is 0.0998. The van der Waals surface area contributed by atoms with Crippen molar-refractivity contribution < 1.29 is 19.2 Å². The first-order chi connectivity index (χ1) is 23.2. The first kappa shape index (κ1) is 34.4. The minimum atomic E-state index is -0.759. The summed E-state index contributed by atoms with van der Waals surface area (Å²) in [4.78, 5) is 64.3. The number of rotatable bonds is 6. The Kier molecular flexibility index (Phi) is 11.7. The number of carbonyl (C=O) groups is 4. The molecule has 2 aromatic heterocycles. The van der Waals surface area contributed by atoms with E-state index in [-0.39, 0.29) is 62.0 Å². The topological polar surface area (TPSA) is 151 Å². The quantitative estimate of drug-likeness (QED) is 0.283. The summed E-state index contributed by atoms with van der Waals surface area (Å²) in [6, 6.07) is 17.8. The van der Waals surface area contributed by atoms with E-state index in [1.165, 1.54) is 16.0 Å². The Balaban J connectivity index is 1.35. The van der Waals surface area contributed by atoms with E-state index in [1.807, 2.05) is 79.9 Å². The second-order valence-corrected chi connectivity index (χ2v) is 13.2. The Bertz CT molecular complexity index is 1710. The molecule has 48 heavy (non-hydrogen) atoms. The maximum atomic E-state index is 13.5. The second-order valence-electron chi connectivity index (χ2n) is 12.3. The van der Waals surface area contributed by atoms with Crippen molar-refractivity contribution in [3.05, 3.63) is 77.6 Å². The number of amides is 4. The summed E-state index contributed by atoms with van der Waals surface area (Å²) in [5.41, 5.74) is 2.42. The standard InChI is InChI=1S/C35H42N8O4S/c1-23(2)19-28-34(47)37-24(3)33-40-32(25-11-6-4-7-12-25)41-43(33)21-30(45)36-16-18-42(17-10-15-29(44)39-28)31(46)20-27-22-48-35(38-27)26-13-8-5-9-14-26/h4-9,11-14,22-24,28H,10,15-21H2,1-3H3,(H,36,45)(H,37,47)(H,39,44)/t24-,28+/m0/s1. The highest BCUT2D eigenvalue weighted by molar-refractivity contribution is 7.13. The molecule has 12 nitrogen and oxygen atoms in total. The van der Waals surface area contributed by atoms with Crippen molar-refractivity contribution in [3.8, 4) is 22.0 Å². The zero-order valence-electron chi connectivity index (χ0n) is 27.5. The van der Waals surface area contributed by atoms with Gasteiger partial charge in [0.15, 0.2) is 5.82 Å². The van der Waals surface area contributed by atoms with Crippen LogP contribution in [-0.2, 0) is 32.1 Å². The van der Waals surface area contributed by atoms with Gasteiger partial charge in [0.05, 0.1) is 18.2 Å². The zero-order chi connectivity index (χ0) is 34.0. The SMILES string of the molecule is CC(C)C[C@H]1NC(=O)CCCN(C(=O)Cc2csc(-c3ccccc3)n2)CCNC(=O)Cn2nc(-c3ccccc3)nc2[C@H](C)NC1=O. The number of hydrogen-bond donors (Lipinski definition) is 3. The molecule has 1 aliphatic heterocycles. The van der Waals surface area contributed by atoms with Gasteiger partial charge in [-0.15, -0.1) is 11.3 Å². The fourth-order valence-electron chi connectivity index (χ4n) is 5.53. The molecule has 2 atom stereocenters. The van der Waals surface area contributed by atoms with Crippen molar-refractivity contribution >= 4 is 35.0 Å². The molecular formula is C35H42N8O4S. The van der Waals surface area contributed by atoms with Crippen molar-refractivity contribution in [1.29, 1.82) is 0 Å². The van der Waals surface area contributed by atoms with Crippen LogP contribution in [0.1, 0.15) is 57.6 Å². The fraction of sp³-hybridized carbons (Fsp3) is 0.400. The molecule has 3 heterocycles. The van der Waals surface area contributed by atoms with Crippen LogP contribution in [-0.4, -0.2) is 74.0 Å². The van der Waals surface area contributed by atoms with Crippen molar-refractivity contribution in [3.63, 3.8) is 0 Å². The van der Waals surface area contributed by atoms with Gasteiger partial charge in [0.25, 0.3) is 0 Å². The van der Waals surface area contributed by atoms with Crippen molar-refractivity contribution in [2.75, 3.05) is 19.6 Å². The smallest absolute Gasteiger partial charge is 0.243 e. The lowest BCUT2D eigenvalue weighted by Gasteiger charge is -2.24. The van der Waals surface area contributed by atoms with Crippen LogP contribution >= 0.6 is 11.3 Å². The third kappa shape index (κ3) is 9.34. The highest BCUT2D eigenvalue weighted by Gasteiger charge is 2.27. The van der Waals surface area contributed by atoms with Crippen molar-refractivity contribution in [2.24, 2.45) is 5.92 Å². The van der Waals surface area contributed by atoms with Crippen LogP contribution in [0.25, 0.3) is 22.0 Å². The monoisotopic (exact) mass is 670 g/mol. The average molecular weight is 671 g/mol. The second kappa shape index (κ2) is 16.3. The van der Waals surface area contributed by atoms with Gasteiger partial charge in [0.1, 0.15) is 23.4 Å². The van der Waals surface area contributed by atoms with Crippen LogP contribution in [0.15, 0.2) is 66.0 Å². The Morgan fingerprint density at radius 1 is 0.938 bits per heavy atom. The Labute approximate surface area is 284 Å². The molecule has 13 heteroatoms. The fourth-order valence-corrected chi connectivity index (χ4v) is 6.36. The summed E-state index contributed by atoms with van der Waals surface area (Å²) in [6.45, 7) is 6.40. The Morgan fingerprint density at radius 2 is 1.65 bits per heavy atom. The predicted octanol–water partition coefficient (Wildman–Crippen LogP) is 3.76. The molecule has 252 valence electrons. The zero-order valence-corrected chi connectivity index (χ0v) is 28.3. The number of fused-ring (bicyclic) bond motifs is 1. The van der Waals surface area contributed by atoms with Gasteiger partial charge < -0.3 is 20.9 Å². The van der Waals surface area contributed by atoms with Crippen LogP contribution in [0.2, 0.25) is 0 Å². The van der Waals surface area contributed by atoms with Gasteiger partial charge in [0, 0.05) is 42.6 Å². The first-order valence-electron chi connectivity index (χ1n) is 16.3. The van der Waals surface area contributed by atoms with E-state index < -0.39 is 12.1 Å². The normalized spacial score (nSPS) is 18.4. The van der Waals surface area contributed by atoms with E-state index in [0.29, 0.717) is 36.7 Å². The van der Waals surface area contributed by atoms with E-state index in [0.717, 1.165) is 16.1 Å². The molecule has 0 fully saturated rings. The van der Waals surface area contributed by atoms with Gasteiger partial charge in [-0.05, 0) is 25.7 Å². The number of thiazole rings is 1. The number of carbonyl (C=O) groups excluding carboxylic acids is 4. The lowest BCUT2D eigenvalue weighted by Crippen LogP contribution is -2.48. The molecular weight excluding hydrogens is 629 g/mol. The van der Waals surface area contributed by atoms with Crippen molar-refractivity contribution in [1.82, 2.24) is 40.6 Å². The molecule has 1 aliphatic rings. The highest BCUT2D eigenvalue weighted by atomic mass is 32.1. The van der Waals surface area contributed by atoms with Gasteiger partial charge in [-0.1, -0.05) is 74.5 Å². The molecule has 4 amide bonds. The van der Waals surface area contributed by atoms with Gasteiger partial charge >= 0.3 is 0 Å². The third-order valence-corrected chi connectivity index (χ3v) is 8.86. The molecule has 0 radical (unpaired) electrons. The number of hydrogen-bond acceptors (Lipinski definition) is 8. The van der Waals surface area contributed by atoms with E-state index in [1.54, 1.807) is 11.8 Å². The Hall–Kier alpha value is -4.91. The summed E-state index contributed by atoms with van der Waals surface area (Å²) in [7, 11) is 0. The number of benzene rings is 2. The maximum Gasteiger partial charge on any atom is 0.243 e. The number of nitrogens with one attached hydrogen (secondary N) is 3. The first-order valence-corrected chi connectivity index (χ1v) is 17.2. The molecule has 2 aromatic carbocycles. The number of aromatic nitrogens is 4. The summed E-state index contributed by atoms with van der Waals surface area (Å²) >= 11 is 1.48. The van der Waals surface area contributed by atoms with Crippen LogP contribution in [0.3, 0.4) is 0 Å². The average Bonchev–Trinajstić information content (AvgIpc) is 3.71. The van der Waals surface area contributed by atoms with E-state index >= 15 is 0 Å². The molecule has 0 saturated carbocycles. The molecule has 0 saturated heterocycles. The molecule has 0 unspecified atom stereocenters. The van der Waals surface area contributed by atoms with Crippen LogP contribution in [0.5, 0.6) is 0 Å². The van der Waals surface area contributed by atoms with Gasteiger partial charge in [-0.2, -0.15) is 5.10 Å². The highest BCUT2D eigenvalue weighted by Crippen LogP contribution is 2.24.